The fraction of sp³-hybridized carbons (Fsp3) is 1.00. The van der Waals surface area contributed by atoms with Gasteiger partial charge in [-0.25, -0.2) is 0 Å². The lowest BCUT2D eigenvalue weighted by Crippen LogP contribution is -2.12. The molecular formula is C6H13BrO3S. The van der Waals surface area contributed by atoms with Gasteiger partial charge in [0.15, 0.2) is 0 Å². The van der Waals surface area contributed by atoms with Crippen molar-refractivity contribution in [1.29, 1.82) is 0 Å². The summed E-state index contributed by atoms with van der Waals surface area (Å²) in [6.45, 7) is 2.04. The van der Waals surface area contributed by atoms with Crippen molar-refractivity contribution in [3.63, 3.8) is 0 Å². The van der Waals surface area contributed by atoms with Crippen LogP contribution in [0.15, 0.2) is 0 Å². The van der Waals surface area contributed by atoms with Crippen molar-refractivity contribution in [1.82, 2.24) is 0 Å². The highest BCUT2D eigenvalue weighted by Crippen LogP contribution is 2.15. The largest absolute Gasteiger partial charge is 0.285 e. The Morgan fingerprint density at radius 3 is 2.36 bits per heavy atom. The molecule has 0 aromatic heterocycles. The van der Waals surface area contributed by atoms with E-state index in [1.165, 1.54) is 0 Å². The summed E-state index contributed by atoms with van der Waals surface area (Å²) >= 11 is 2.89. The van der Waals surface area contributed by atoms with E-state index in [0.717, 1.165) is 19.3 Å². The Hall–Kier alpha value is 0.390. The molecule has 0 aliphatic heterocycles. The first kappa shape index (κ1) is 11.4. The van der Waals surface area contributed by atoms with Crippen LogP contribution in [-0.2, 0) is 10.1 Å². The Morgan fingerprint density at radius 2 is 2.00 bits per heavy atom. The van der Waals surface area contributed by atoms with Crippen molar-refractivity contribution in [3.8, 4) is 0 Å². The third kappa shape index (κ3) is 5.64. The lowest BCUT2D eigenvalue weighted by Gasteiger charge is -2.04. The minimum atomic E-state index is -3.87. The molecule has 0 radical (unpaired) electrons. The highest BCUT2D eigenvalue weighted by atomic mass is 79.9. The minimum Gasteiger partial charge on any atom is -0.285 e. The van der Waals surface area contributed by atoms with Crippen LogP contribution in [0, 0.1) is 0 Å². The van der Waals surface area contributed by atoms with Crippen LogP contribution in [0.25, 0.3) is 0 Å². The maximum Gasteiger partial charge on any atom is 0.277 e. The molecule has 3 nitrogen and oxygen atoms in total. The summed E-state index contributed by atoms with van der Waals surface area (Å²) in [7, 11) is -3.87. The fourth-order valence-corrected chi connectivity index (χ4v) is 1.49. The van der Waals surface area contributed by atoms with Gasteiger partial charge in [0.1, 0.15) is 4.16 Å². The maximum atomic E-state index is 10.4. The number of alkyl halides is 1. The van der Waals surface area contributed by atoms with E-state index in [1.807, 2.05) is 6.92 Å². The monoisotopic (exact) mass is 244 g/mol. The van der Waals surface area contributed by atoms with Gasteiger partial charge in [-0.05, 0) is 6.42 Å². The van der Waals surface area contributed by atoms with Crippen molar-refractivity contribution < 1.29 is 13.0 Å². The highest BCUT2D eigenvalue weighted by Gasteiger charge is 2.17. The van der Waals surface area contributed by atoms with Crippen LogP contribution in [0.2, 0.25) is 0 Å². The van der Waals surface area contributed by atoms with Crippen molar-refractivity contribution in [2.75, 3.05) is 0 Å². The Labute approximate surface area is 76.1 Å². The lowest BCUT2D eigenvalue weighted by molar-refractivity contribution is 0.476. The van der Waals surface area contributed by atoms with Gasteiger partial charge in [0.2, 0.25) is 0 Å². The molecule has 0 bridgehead atoms. The van der Waals surface area contributed by atoms with E-state index in [0.29, 0.717) is 6.42 Å². The zero-order chi connectivity index (χ0) is 8.91. The molecule has 1 atom stereocenters. The van der Waals surface area contributed by atoms with E-state index in [4.69, 9.17) is 4.55 Å². The van der Waals surface area contributed by atoms with Gasteiger partial charge in [-0.15, -0.1) is 0 Å². The average Bonchev–Trinajstić information content (AvgIpc) is 1.86. The van der Waals surface area contributed by atoms with Gasteiger partial charge >= 0.3 is 0 Å². The molecule has 0 heterocycles. The van der Waals surface area contributed by atoms with Crippen LogP contribution in [-0.4, -0.2) is 17.1 Å². The van der Waals surface area contributed by atoms with Crippen molar-refractivity contribution in [3.05, 3.63) is 0 Å². The zero-order valence-corrected chi connectivity index (χ0v) is 8.86. The normalized spacial score (nSPS) is 14.8. The molecule has 1 N–H and O–H groups in total. The molecule has 5 heteroatoms. The Morgan fingerprint density at radius 1 is 1.45 bits per heavy atom. The smallest absolute Gasteiger partial charge is 0.277 e. The second-order valence-corrected chi connectivity index (χ2v) is 5.73. The molecule has 0 fully saturated rings. The molecule has 1 unspecified atom stereocenters. The summed E-state index contributed by atoms with van der Waals surface area (Å²) in [5.41, 5.74) is 0. The van der Waals surface area contributed by atoms with Crippen LogP contribution in [0.3, 0.4) is 0 Å². The van der Waals surface area contributed by atoms with Gasteiger partial charge in [-0.1, -0.05) is 42.1 Å². The summed E-state index contributed by atoms with van der Waals surface area (Å²) in [5, 5.41) is 0. The second kappa shape index (κ2) is 5.11. The fourth-order valence-electron chi connectivity index (χ4n) is 0.704. The van der Waals surface area contributed by atoms with E-state index >= 15 is 0 Å². The number of hydrogen-bond donors (Lipinski definition) is 1. The van der Waals surface area contributed by atoms with Gasteiger partial charge in [0.05, 0.1) is 0 Å². The minimum absolute atomic E-state index is 0.479. The molecule has 0 aliphatic carbocycles. The van der Waals surface area contributed by atoms with Crippen molar-refractivity contribution in [2.45, 2.75) is 36.8 Å². The van der Waals surface area contributed by atoms with E-state index in [-0.39, 0.29) is 0 Å². The molecule has 0 rings (SSSR count). The van der Waals surface area contributed by atoms with E-state index in [1.54, 1.807) is 0 Å². The third-order valence-electron chi connectivity index (χ3n) is 1.36. The van der Waals surface area contributed by atoms with Gasteiger partial charge in [-0.2, -0.15) is 8.42 Å². The molecule has 0 saturated carbocycles. The van der Waals surface area contributed by atoms with Crippen LogP contribution in [0.4, 0.5) is 0 Å². The lowest BCUT2D eigenvalue weighted by atomic mass is 10.2. The molecule has 0 spiro atoms. The van der Waals surface area contributed by atoms with E-state index < -0.39 is 14.3 Å². The number of halogens is 1. The topological polar surface area (TPSA) is 54.4 Å². The van der Waals surface area contributed by atoms with Crippen molar-refractivity contribution >= 4 is 26.0 Å². The molecule has 0 amide bonds. The first-order chi connectivity index (χ1) is 4.98. The van der Waals surface area contributed by atoms with Crippen LogP contribution in [0.5, 0.6) is 0 Å². The summed E-state index contributed by atoms with van der Waals surface area (Å²) in [4.78, 5) is 0. The second-order valence-electron chi connectivity index (χ2n) is 2.42. The number of unbranched alkanes of at least 4 members (excludes halogenated alkanes) is 2. The van der Waals surface area contributed by atoms with Crippen LogP contribution in [0.1, 0.15) is 32.6 Å². The predicted molar refractivity (Wildman–Crippen MR) is 48.4 cm³/mol. The quantitative estimate of drug-likeness (QED) is 0.458. The molecule has 0 aliphatic rings. The first-order valence-corrected chi connectivity index (χ1v) is 6.00. The Kier molecular flexibility index (Phi) is 5.29. The van der Waals surface area contributed by atoms with Crippen LogP contribution < -0.4 is 0 Å². The number of rotatable bonds is 5. The van der Waals surface area contributed by atoms with Crippen molar-refractivity contribution in [2.24, 2.45) is 0 Å². The standard InChI is InChI=1S/C6H13BrO3S/c1-2-3-4-5-6(7)11(8,9)10/h6H,2-5H2,1H3,(H,8,9,10). The van der Waals surface area contributed by atoms with Gasteiger partial charge in [0, 0.05) is 0 Å². The van der Waals surface area contributed by atoms with Crippen LogP contribution >= 0.6 is 15.9 Å². The summed E-state index contributed by atoms with van der Waals surface area (Å²) < 4.78 is 28.6. The summed E-state index contributed by atoms with van der Waals surface area (Å²) in [6.07, 6.45) is 3.35. The Balaban J connectivity index is 3.62. The molecule has 11 heavy (non-hydrogen) atoms. The zero-order valence-electron chi connectivity index (χ0n) is 6.46. The average molecular weight is 245 g/mol. The maximum absolute atomic E-state index is 10.4. The highest BCUT2D eigenvalue weighted by molar-refractivity contribution is 9.11. The molecule has 0 aromatic carbocycles. The third-order valence-corrected chi connectivity index (χ3v) is 4.11. The Bertz CT molecular complexity index is 188. The SMILES string of the molecule is CCCCCC(Br)S(=O)(=O)O. The number of hydrogen-bond acceptors (Lipinski definition) is 2. The summed E-state index contributed by atoms with van der Waals surface area (Å²) in [5.74, 6) is 0. The van der Waals surface area contributed by atoms with Gasteiger partial charge in [-0.3, -0.25) is 4.55 Å². The molecule has 68 valence electrons. The van der Waals surface area contributed by atoms with Gasteiger partial charge < -0.3 is 0 Å². The molecular weight excluding hydrogens is 232 g/mol. The molecule has 0 aromatic rings. The molecule has 0 saturated heterocycles. The van der Waals surface area contributed by atoms with E-state index in [2.05, 4.69) is 15.9 Å². The first-order valence-electron chi connectivity index (χ1n) is 3.59. The van der Waals surface area contributed by atoms with Gasteiger partial charge in [0.25, 0.3) is 10.1 Å². The predicted octanol–water partition coefficient (Wildman–Crippen LogP) is 2.18. The van der Waals surface area contributed by atoms with E-state index in [9.17, 15) is 8.42 Å². The summed E-state index contributed by atoms with van der Waals surface area (Å²) in [6, 6.07) is 0.